The van der Waals surface area contributed by atoms with Crippen LogP contribution < -0.4 is 93.5 Å². The van der Waals surface area contributed by atoms with Gasteiger partial charge in [0.1, 0.15) is 64.4 Å². The number of methoxy groups -OCH3 is 3. The average molecular weight is 1570 g/mol. The Bertz CT molecular complexity index is 2970. The number of fused-ring (bicyclic) bond motifs is 2. The first-order valence-electron chi connectivity index (χ1n) is 39.4. The molecule has 600 valence electrons. The monoisotopic (exact) mass is 1570 g/mol. The molecule has 0 spiro atoms. The summed E-state index contributed by atoms with van der Waals surface area (Å²) < 4.78 is 95.0. The number of unbranched alkanes of at least 4 members (excludes halogenated alkanes) is 32. The molecule has 2 heterocycles. The van der Waals surface area contributed by atoms with E-state index in [-0.39, 0.29) is 84.8 Å². The van der Waals surface area contributed by atoms with Crippen molar-refractivity contribution in [1.29, 1.82) is 0 Å². The van der Waals surface area contributed by atoms with Crippen molar-refractivity contribution in [2.24, 2.45) is 0 Å². The van der Waals surface area contributed by atoms with E-state index in [1.54, 1.807) is 44.6 Å². The number of ether oxygens (including phenoxy) is 8. The minimum absolute atomic E-state index is 0. The van der Waals surface area contributed by atoms with Gasteiger partial charge in [-0.2, -0.15) is 0 Å². The summed E-state index contributed by atoms with van der Waals surface area (Å²) in [5.74, 6) is -0.0483. The summed E-state index contributed by atoms with van der Waals surface area (Å²) in [5, 5.41) is 11.0. The maximum atomic E-state index is 12.9. The van der Waals surface area contributed by atoms with Gasteiger partial charge < -0.3 is 75.3 Å². The van der Waals surface area contributed by atoms with Gasteiger partial charge in [0.25, 0.3) is 15.6 Å². The molecule has 0 saturated carbocycles. The van der Waals surface area contributed by atoms with Crippen LogP contribution in [0.25, 0.3) is 28.2 Å². The molecule has 3 aromatic rings. The molecule has 4 rings (SSSR count). The predicted molar refractivity (Wildman–Crippen MR) is 405 cm³/mol. The Morgan fingerprint density at radius 1 is 0.467 bits per heavy atom. The van der Waals surface area contributed by atoms with Gasteiger partial charge in [-0.3, -0.25) is 28.3 Å². The van der Waals surface area contributed by atoms with E-state index < -0.39 is 109 Å². The summed E-state index contributed by atoms with van der Waals surface area (Å²) in [7, 11) is -5.71. The topological polar surface area (TPSA) is 310 Å². The number of hydrogen-bond acceptors (Lipinski definition) is 23. The summed E-state index contributed by atoms with van der Waals surface area (Å²) in [5.41, 5.74) is 1.11. The zero-order valence-electron chi connectivity index (χ0n) is 67.1. The SMILES string of the molecule is CCCCCCCCCCCC(=O)OCC(COP(=O)([O-])OCC(O)COP(=O)([O-])OCC(COC(=O)CCCCCCCCCCC)OC(=O)CCCCCCCCCCC)OC(=O)CCCCCCCCCCC.COc1ccc(-c2c(OC)c3c(OC)c4c(cc3oc2=O)OC(C)(C)C=C4)cc1.[Na+].[Na+]. The first-order valence-corrected chi connectivity index (χ1v) is 42.3. The van der Waals surface area contributed by atoms with E-state index in [0.29, 0.717) is 70.8 Å². The molecule has 107 heavy (non-hydrogen) atoms. The predicted octanol–water partition coefficient (Wildman–Crippen LogP) is 12.6. The van der Waals surface area contributed by atoms with E-state index in [2.05, 4.69) is 27.7 Å². The van der Waals surface area contributed by atoms with Gasteiger partial charge in [0.05, 0.1) is 53.3 Å². The van der Waals surface area contributed by atoms with Crippen LogP contribution in [0.3, 0.4) is 0 Å². The van der Waals surface area contributed by atoms with Crippen molar-refractivity contribution in [3.05, 3.63) is 52.4 Å². The zero-order valence-corrected chi connectivity index (χ0v) is 72.9. The summed E-state index contributed by atoms with van der Waals surface area (Å²) in [6, 6.07) is 8.84. The van der Waals surface area contributed by atoms with Gasteiger partial charge in [0.15, 0.2) is 12.2 Å². The van der Waals surface area contributed by atoms with E-state index in [0.717, 1.165) is 108 Å². The molecule has 0 saturated heterocycles. The third kappa shape index (κ3) is 46.4. The average Bonchev–Trinajstić information content (AvgIpc) is 0.739. The van der Waals surface area contributed by atoms with Crippen molar-refractivity contribution in [3.63, 3.8) is 0 Å². The third-order valence-electron chi connectivity index (χ3n) is 18.0. The Labute approximate surface area is 683 Å². The van der Waals surface area contributed by atoms with Gasteiger partial charge in [-0.1, -0.05) is 245 Å². The normalized spacial score (nSPS) is 14.1. The standard InChI is InChI=1S/C57H110O17P2.C23H22O6.2Na/c1-5-9-13-17-21-25-29-33-37-41-54(59)67-47-52(73-56(61)43-39-35-31-27-23-19-15-11-7-3)49-71-75(63,64)69-45-51(58)46-70-76(65,66)72-50-53(74-57(62)44-40-36-32-28-24-20-16-12-8-4)48-68-55(60)42-38-34-30-26-22-18-14-10-6-2;1-23(2)11-10-15-16(29-23)12-17-19(20(15)26-4)21(27-5)18(22(24)28-17)13-6-8-14(25-3)9-7-13;;/h51-53,58H,5-50H2,1-4H3,(H,63,64)(H,65,66);6-12H,1-5H3;;/q;;2*+1/p-2. The van der Waals surface area contributed by atoms with Crippen molar-refractivity contribution in [2.75, 3.05) is 61.0 Å². The molecule has 1 N–H and O–H groups in total. The first-order chi connectivity index (χ1) is 50.5. The van der Waals surface area contributed by atoms with Crippen LogP contribution in [0.15, 0.2) is 45.6 Å². The fourth-order valence-electron chi connectivity index (χ4n) is 11.9. The maximum absolute atomic E-state index is 12.9. The van der Waals surface area contributed by atoms with Crippen LogP contribution in [0.2, 0.25) is 0 Å². The van der Waals surface area contributed by atoms with Crippen molar-refractivity contribution < 1.29 is 163 Å². The fourth-order valence-corrected chi connectivity index (χ4v) is 13.5. The van der Waals surface area contributed by atoms with Crippen LogP contribution in [0.4, 0.5) is 0 Å². The van der Waals surface area contributed by atoms with Crippen LogP contribution in [0.5, 0.6) is 23.0 Å². The van der Waals surface area contributed by atoms with E-state index in [1.807, 2.05) is 26.0 Å². The Kier molecular flexibility index (Phi) is 58.1. The number of phosphoric ester groups is 2. The molecule has 4 unspecified atom stereocenters. The Morgan fingerprint density at radius 2 is 0.804 bits per heavy atom. The Hall–Kier alpha value is -3.35. The summed E-state index contributed by atoms with van der Waals surface area (Å²) in [6.07, 6.45) is 38.1. The first kappa shape index (κ1) is 102. The van der Waals surface area contributed by atoms with E-state index in [9.17, 15) is 48.0 Å². The summed E-state index contributed by atoms with van der Waals surface area (Å²) in [6.45, 7) is 8.27. The largest absolute Gasteiger partial charge is 1.00 e. The maximum Gasteiger partial charge on any atom is 1.00 e. The van der Waals surface area contributed by atoms with Gasteiger partial charge in [-0.05, 0) is 69.4 Å². The molecule has 0 radical (unpaired) electrons. The zero-order chi connectivity index (χ0) is 77.0. The van der Waals surface area contributed by atoms with Crippen LogP contribution in [-0.4, -0.2) is 114 Å². The second-order valence-electron chi connectivity index (χ2n) is 27.9. The number of carbonyl (C=O) groups is 4. The van der Waals surface area contributed by atoms with Gasteiger partial charge in [-0.15, -0.1) is 0 Å². The molecular formula is C80H130Na2O23P2. The molecular weight excluding hydrogens is 1440 g/mol. The fraction of sp³-hybridized carbons (Fsp3) is 0.738. The number of aliphatic hydroxyl groups is 1. The molecule has 0 fully saturated rings. The number of hydrogen-bond donors (Lipinski definition) is 1. The van der Waals surface area contributed by atoms with E-state index >= 15 is 0 Å². The number of benzene rings is 2. The molecule has 4 atom stereocenters. The van der Waals surface area contributed by atoms with Crippen LogP contribution >= 0.6 is 15.6 Å². The number of phosphoric acid groups is 2. The van der Waals surface area contributed by atoms with Crippen molar-refractivity contribution >= 4 is 56.6 Å². The van der Waals surface area contributed by atoms with E-state index in [4.69, 9.17) is 60.4 Å². The van der Waals surface area contributed by atoms with Gasteiger partial charge >= 0.3 is 88.6 Å². The summed E-state index contributed by atoms with van der Waals surface area (Å²) in [4.78, 5) is 89.1. The van der Waals surface area contributed by atoms with Crippen molar-refractivity contribution in [3.8, 4) is 34.1 Å². The van der Waals surface area contributed by atoms with Gasteiger partial charge in [0, 0.05) is 31.7 Å². The molecule has 0 aliphatic carbocycles. The number of esters is 4. The Balaban J connectivity index is 0.00000151. The van der Waals surface area contributed by atoms with Crippen LogP contribution in [-0.2, 0) is 65.4 Å². The van der Waals surface area contributed by atoms with Gasteiger partial charge in [-0.25, -0.2) is 4.79 Å². The molecule has 1 aliphatic rings. The van der Waals surface area contributed by atoms with E-state index in [1.165, 1.54) is 110 Å². The number of aliphatic hydroxyl groups excluding tert-OH is 1. The number of carbonyl (C=O) groups excluding carboxylic acids is 4. The minimum Gasteiger partial charge on any atom is -0.756 e. The minimum atomic E-state index is -5.20. The molecule has 23 nitrogen and oxygen atoms in total. The van der Waals surface area contributed by atoms with Crippen molar-refractivity contribution in [1.82, 2.24) is 0 Å². The molecule has 0 amide bonds. The van der Waals surface area contributed by atoms with Crippen LogP contribution in [0.1, 0.15) is 304 Å². The second-order valence-corrected chi connectivity index (χ2v) is 30.7. The number of rotatable bonds is 62. The smallest absolute Gasteiger partial charge is 0.756 e. The van der Waals surface area contributed by atoms with Crippen molar-refractivity contribution in [2.45, 2.75) is 322 Å². The molecule has 27 heteroatoms. The molecule has 2 aromatic carbocycles. The third-order valence-corrected chi connectivity index (χ3v) is 19.9. The quantitative estimate of drug-likeness (QED) is 0.0137. The van der Waals surface area contributed by atoms with Crippen LogP contribution in [0, 0.1) is 0 Å². The molecule has 0 bridgehead atoms. The van der Waals surface area contributed by atoms with Gasteiger partial charge in [0.2, 0.25) is 0 Å². The summed E-state index contributed by atoms with van der Waals surface area (Å²) >= 11 is 0. The second kappa shape index (κ2) is 61.2. The molecule has 1 aromatic heterocycles. The molecule has 1 aliphatic heterocycles. The Morgan fingerprint density at radius 3 is 1.15 bits per heavy atom.